The molecule has 0 radical (unpaired) electrons. The monoisotopic (exact) mass is 184 g/mol. The van der Waals surface area contributed by atoms with Gasteiger partial charge in [-0.05, 0) is 6.42 Å². The van der Waals surface area contributed by atoms with Crippen molar-refractivity contribution in [2.75, 3.05) is 7.05 Å². The van der Waals surface area contributed by atoms with E-state index in [1.54, 1.807) is 12.1 Å². The summed E-state index contributed by atoms with van der Waals surface area (Å²) in [6.07, 6.45) is 1.81. The zero-order valence-corrected chi connectivity index (χ0v) is 8.03. The summed E-state index contributed by atoms with van der Waals surface area (Å²) in [5.41, 5.74) is 11.9. The highest BCUT2D eigenvalue weighted by molar-refractivity contribution is 5.97. The number of hydrazone groups is 1. The average molecular weight is 184 g/mol. The summed E-state index contributed by atoms with van der Waals surface area (Å²) in [6.45, 7) is 2.05. The van der Waals surface area contributed by atoms with Crippen molar-refractivity contribution in [2.24, 2.45) is 16.6 Å². The third-order valence-corrected chi connectivity index (χ3v) is 2.21. The summed E-state index contributed by atoms with van der Waals surface area (Å²) in [4.78, 5) is 11.0. The van der Waals surface area contributed by atoms with Crippen LogP contribution in [0.25, 0.3) is 0 Å². The van der Waals surface area contributed by atoms with Crippen molar-refractivity contribution in [2.45, 2.75) is 31.8 Å². The Bertz CT molecular complexity index is 238. The van der Waals surface area contributed by atoms with Crippen LogP contribution in [0, 0.1) is 0 Å². The van der Waals surface area contributed by atoms with E-state index in [2.05, 4.69) is 5.10 Å². The molecule has 2 unspecified atom stereocenters. The van der Waals surface area contributed by atoms with Crippen molar-refractivity contribution < 1.29 is 4.79 Å². The normalized spacial score (nSPS) is 27.6. The van der Waals surface area contributed by atoms with Crippen LogP contribution in [0.15, 0.2) is 5.10 Å². The first-order valence-electron chi connectivity index (χ1n) is 4.43. The molecule has 5 heteroatoms. The highest BCUT2D eigenvalue weighted by Gasteiger charge is 2.35. The number of rotatable bonds is 3. The lowest BCUT2D eigenvalue weighted by Crippen LogP contribution is -2.50. The first kappa shape index (κ1) is 9.98. The summed E-state index contributed by atoms with van der Waals surface area (Å²) < 4.78 is 0. The number of amides is 1. The molecular weight excluding hydrogens is 168 g/mol. The first-order valence-corrected chi connectivity index (χ1v) is 4.43. The lowest BCUT2D eigenvalue weighted by molar-refractivity contribution is -0.122. The predicted molar refractivity (Wildman–Crippen MR) is 51.1 cm³/mol. The molecule has 2 atom stereocenters. The number of primary amides is 1. The van der Waals surface area contributed by atoms with Crippen LogP contribution >= 0.6 is 0 Å². The highest BCUT2D eigenvalue weighted by atomic mass is 16.1. The standard InChI is InChI=1S/C8H16N4O/c1-3-4-5-6(9)7(8(10)13)12(2)11-5/h6-7H,3-4,9H2,1-2H3,(H2,10,13). The molecule has 1 aliphatic rings. The number of hydrogen-bond donors (Lipinski definition) is 2. The molecule has 0 saturated carbocycles. The second kappa shape index (κ2) is 3.74. The molecule has 1 aliphatic heterocycles. The molecule has 13 heavy (non-hydrogen) atoms. The molecule has 0 bridgehead atoms. The Morgan fingerprint density at radius 2 is 2.31 bits per heavy atom. The molecule has 0 aromatic rings. The Balaban J connectivity index is 2.73. The maximum absolute atomic E-state index is 11.0. The van der Waals surface area contributed by atoms with E-state index in [9.17, 15) is 4.79 Å². The van der Waals surface area contributed by atoms with E-state index in [0.29, 0.717) is 0 Å². The van der Waals surface area contributed by atoms with E-state index in [-0.39, 0.29) is 6.04 Å². The Labute approximate surface area is 77.8 Å². The van der Waals surface area contributed by atoms with E-state index in [1.807, 2.05) is 6.92 Å². The second-order valence-corrected chi connectivity index (χ2v) is 3.29. The maximum atomic E-state index is 11.0. The molecule has 5 nitrogen and oxygen atoms in total. The molecule has 74 valence electrons. The summed E-state index contributed by atoms with van der Waals surface area (Å²) >= 11 is 0. The lowest BCUT2D eigenvalue weighted by Gasteiger charge is -2.18. The van der Waals surface area contributed by atoms with Gasteiger partial charge in [-0.3, -0.25) is 9.80 Å². The Kier molecular flexibility index (Phi) is 2.87. The molecule has 0 aromatic carbocycles. The van der Waals surface area contributed by atoms with Gasteiger partial charge in [0.25, 0.3) is 0 Å². The quantitative estimate of drug-likeness (QED) is 0.606. The highest BCUT2D eigenvalue weighted by Crippen LogP contribution is 2.14. The van der Waals surface area contributed by atoms with Gasteiger partial charge in [0, 0.05) is 7.05 Å². The topological polar surface area (TPSA) is 84.7 Å². The Morgan fingerprint density at radius 3 is 2.69 bits per heavy atom. The van der Waals surface area contributed by atoms with Crippen LogP contribution in [0.4, 0.5) is 0 Å². The van der Waals surface area contributed by atoms with Crippen LogP contribution in [-0.2, 0) is 4.79 Å². The fourth-order valence-corrected chi connectivity index (χ4v) is 1.58. The summed E-state index contributed by atoms with van der Waals surface area (Å²) in [5, 5.41) is 5.74. The minimum atomic E-state index is -0.471. The molecule has 1 heterocycles. The lowest BCUT2D eigenvalue weighted by atomic mass is 10.0. The third-order valence-electron chi connectivity index (χ3n) is 2.21. The summed E-state index contributed by atoms with van der Waals surface area (Å²) in [6, 6.07) is -0.802. The number of carbonyl (C=O) groups is 1. The smallest absolute Gasteiger partial charge is 0.243 e. The summed E-state index contributed by atoms with van der Waals surface area (Å²) in [5.74, 6) is -0.412. The van der Waals surface area contributed by atoms with Gasteiger partial charge in [0.1, 0.15) is 6.04 Å². The van der Waals surface area contributed by atoms with Crippen molar-refractivity contribution in [3.05, 3.63) is 0 Å². The van der Waals surface area contributed by atoms with Gasteiger partial charge in [-0.2, -0.15) is 5.10 Å². The van der Waals surface area contributed by atoms with Gasteiger partial charge in [-0.25, -0.2) is 0 Å². The SMILES string of the molecule is CCCC1=NN(C)C(C(N)=O)C1N. The number of likely N-dealkylation sites (N-methyl/N-ethyl adjacent to an activating group) is 1. The average Bonchev–Trinajstić information content (AvgIpc) is 2.28. The van der Waals surface area contributed by atoms with Gasteiger partial charge in [0.05, 0.1) is 11.8 Å². The van der Waals surface area contributed by atoms with Gasteiger partial charge in [-0.1, -0.05) is 13.3 Å². The van der Waals surface area contributed by atoms with E-state index < -0.39 is 11.9 Å². The zero-order chi connectivity index (χ0) is 10.0. The Hall–Kier alpha value is -1.10. The van der Waals surface area contributed by atoms with Crippen LogP contribution in [0.3, 0.4) is 0 Å². The predicted octanol–water partition coefficient (Wildman–Crippen LogP) is -0.731. The zero-order valence-electron chi connectivity index (χ0n) is 8.03. The van der Waals surface area contributed by atoms with Gasteiger partial charge < -0.3 is 11.5 Å². The number of nitrogens with zero attached hydrogens (tertiary/aromatic N) is 2. The largest absolute Gasteiger partial charge is 0.368 e. The van der Waals surface area contributed by atoms with Gasteiger partial charge in [0.2, 0.25) is 5.91 Å². The fraction of sp³-hybridized carbons (Fsp3) is 0.750. The summed E-state index contributed by atoms with van der Waals surface area (Å²) in [7, 11) is 1.72. The molecule has 0 fully saturated rings. The molecular formula is C8H16N4O. The van der Waals surface area contributed by atoms with E-state index in [4.69, 9.17) is 11.5 Å². The van der Waals surface area contributed by atoms with Gasteiger partial charge >= 0.3 is 0 Å². The van der Waals surface area contributed by atoms with Crippen molar-refractivity contribution >= 4 is 11.6 Å². The van der Waals surface area contributed by atoms with E-state index in [0.717, 1.165) is 18.6 Å². The molecule has 0 saturated heterocycles. The van der Waals surface area contributed by atoms with E-state index in [1.165, 1.54) is 0 Å². The van der Waals surface area contributed by atoms with Crippen molar-refractivity contribution in [3.8, 4) is 0 Å². The Morgan fingerprint density at radius 1 is 1.69 bits per heavy atom. The first-order chi connectivity index (χ1) is 6.07. The molecule has 0 spiro atoms. The molecule has 4 N–H and O–H groups in total. The van der Waals surface area contributed by atoms with Crippen LogP contribution in [-0.4, -0.2) is 35.8 Å². The van der Waals surface area contributed by atoms with Gasteiger partial charge in [0.15, 0.2) is 0 Å². The van der Waals surface area contributed by atoms with Crippen molar-refractivity contribution in [1.29, 1.82) is 0 Å². The van der Waals surface area contributed by atoms with Crippen LogP contribution in [0.5, 0.6) is 0 Å². The molecule has 0 aromatic heterocycles. The second-order valence-electron chi connectivity index (χ2n) is 3.29. The molecule has 1 rings (SSSR count). The van der Waals surface area contributed by atoms with Crippen LogP contribution < -0.4 is 11.5 Å². The number of nitrogens with two attached hydrogens (primary N) is 2. The van der Waals surface area contributed by atoms with Crippen molar-refractivity contribution in [3.63, 3.8) is 0 Å². The van der Waals surface area contributed by atoms with Crippen molar-refractivity contribution in [1.82, 2.24) is 5.01 Å². The van der Waals surface area contributed by atoms with Gasteiger partial charge in [-0.15, -0.1) is 0 Å². The van der Waals surface area contributed by atoms with Crippen LogP contribution in [0.1, 0.15) is 19.8 Å². The third kappa shape index (κ3) is 1.80. The molecule has 0 aliphatic carbocycles. The van der Waals surface area contributed by atoms with Crippen LogP contribution in [0.2, 0.25) is 0 Å². The maximum Gasteiger partial charge on any atom is 0.243 e. The number of hydrogen-bond acceptors (Lipinski definition) is 4. The number of carbonyl (C=O) groups excluding carboxylic acids is 1. The fourth-order valence-electron chi connectivity index (χ4n) is 1.58. The minimum Gasteiger partial charge on any atom is -0.368 e. The molecule has 1 amide bonds. The van der Waals surface area contributed by atoms with E-state index >= 15 is 0 Å². The minimum absolute atomic E-state index is 0.331.